The molecule has 0 saturated carbocycles. The topological polar surface area (TPSA) is 92.0 Å². The van der Waals surface area contributed by atoms with E-state index in [1.165, 1.54) is 0 Å². The average Bonchev–Trinajstić information content (AvgIpc) is 3.26. The van der Waals surface area contributed by atoms with E-state index in [0.717, 1.165) is 50.6 Å². The summed E-state index contributed by atoms with van der Waals surface area (Å²) in [7, 11) is 0. The first-order valence-corrected chi connectivity index (χ1v) is 9.85. The van der Waals surface area contributed by atoms with Gasteiger partial charge in [0.25, 0.3) is 5.22 Å². The van der Waals surface area contributed by atoms with Crippen molar-refractivity contribution >= 4 is 34.7 Å². The highest BCUT2D eigenvalue weighted by atomic mass is 32.2. The number of carboxylic acid groups (broad SMARTS) is 1. The smallest absolute Gasteiger partial charge is 0.342 e. The van der Waals surface area contributed by atoms with Crippen molar-refractivity contribution in [3.05, 3.63) is 70.0 Å². The SMILES string of the molecule is Cc1cc(C)c2[nH]c(-c3ccccc3)c(/C=C(\Sc3nnc(C)o3)C(=O)O)c2c1. The van der Waals surface area contributed by atoms with Crippen molar-refractivity contribution < 1.29 is 14.3 Å². The molecule has 4 aromatic rings. The van der Waals surface area contributed by atoms with Gasteiger partial charge < -0.3 is 14.5 Å². The van der Waals surface area contributed by atoms with Gasteiger partial charge in [-0.05, 0) is 48.9 Å². The predicted octanol–water partition coefficient (Wildman–Crippen LogP) is 5.36. The lowest BCUT2D eigenvalue weighted by Crippen LogP contribution is -1.97. The predicted molar refractivity (Wildman–Crippen MR) is 114 cm³/mol. The summed E-state index contributed by atoms with van der Waals surface area (Å²) >= 11 is 0.944. The molecule has 0 spiro atoms. The number of rotatable bonds is 5. The maximum atomic E-state index is 12.0. The first-order valence-electron chi connectivity index (χ1n) is 9.03. The number of carboxylic acids is 1. The van der Waals surface area contributed by atoms with Crippen LogP contribution in [-0.2, 0) is 4.79 Å². The third kappa shape index (κ3) is 3.82. The van der Waals surface area contributed by atoms with Gasteiger partial charge in [-0.15, -0.1) is 10.2 Å². The van der Waals surface area contributed by atoms with E-state index in [-0.39, 0.29) is 10.1 Å². The van der Waals surface area contributed by atoms with Crippen molar-refractivity contribution in [1.82, 2.24) is 15.2 Å². The van der Waals surface area contributed by atoms with E-state index < -0.39 is 5.97 Å². The summed E-state index contributed by atoms with van der Waals surface area (Å²) in [5, 5.41) is 18.6. The Kier molecular flexibility index (Phi) is 4.98. The summed E-state index contributed by atoms with van der Waals surface area (Å²) in [5.74, 6) is -0.663. The van der Waals surface area contributed by atoms with Gasteiger partial charge in [0.1, 0.15) is 4.91 Å². The van der Waals surface area contributed by atoms with Crippen molar-refractivity contribution in [2.75, 3.05) is 0 Å². The molecule has 0 aliphatic heterocycles. The fourth-order valence-corrected chi connectivity index (χ4v) is 4.03. The summed E-state index contributed by atoms with van der Waals surface area (Å²) in [4.78, 5) is 15.6. The molecule has 2 aromatic carbocycles. The Labute approximate surface area is 171 Å². The second kappa shape index (κ2) is 7.60. The van der Waals surface area contributed by atoms with E-state index in [2.05, 4.69) is 27.3 Å². The number of carbonyl (C=O) groups is 1. The normalized spacial score (nSPS) is 11.9. The molecule has 2 aromatic heterocycles. The van der Waals surface area contributed by atoms with Gasteiger partial charge in [0.2, 0.25) is 5.89 Å². The number of nitrogens with zero attached hydrogens (tertiary/aromatic N) is 2. The summed E-state index contributed by atoms with van der Waals surface area (Å²) in [5.41, 5.74) is 5.88. The Bertz CT molecular complexity index is 1240. The number of hydrogen-bond acceptors (Lipinski definition) is 5. The molecule has 0 atom stereocenters. The summed E-state index contributed by atoms with van der Waals surface area (Å²) in [6.07, 6.45) is 1.67. The van der Waals surface area contributed by atoms with Gasteiger partial charge >= 0.3 is 5.97 Å². The number of hydrogen-bond donors (Lipinski definition) is 2. The van der Waals surface area contributed by atoms with Crippen LogP contribution in [0.3, 0.4) is 0 Å². The molecule has 6 nitrogen and oxygen atoms in total. The number of nitrogens with one attached hydrogen (secondary N) is 1. The van der Waals surface area contributed by atoms with Crippen LogP contribution in [0.4, 0.5) is 0 Å². The fourth-order valence-electron chi connectivity index (χ4n) is 3.34. The molecule has 0 amide bonds. The fraction of sp³-hybridized carbons (Fsp3) is 0.136. The Morgan fingerprint density at radius 2 is 1.90 bits per heavy atom. The van der Waals surface area contributed by atoms with Crippen molar-refractivity contribution in [3.63, 3.8) is 0 Å². The third-order valence-electron chi connectivity index (χ3n) is 4.54. The maximum Gasteiger partial charge on any atom is 0.342 e. The third-order valence-corrected chi connectivity index (χ3v) is 5.39. The van der Waals surface area contributed by atoms with Gasteiger partial charge in [-0.3, -0.25) is 0 Å². The monoisotopic (exact) mass is 405 g/mol. The molecule has 7 heteroatoms. The highest BCUT2D eigenvalue weighted by Gasteiger charge is 2.19. The highest BCUT2D eigenvalue weighted by Crippen LogP contribution is 2.36. The minimum Gasteiger partial charge on any atom is -0.477 e. The Morgan fingerprint density at radius 1 is 1.14 bits per heavy atom. The Morgan fingerprint density at radius 3 is 2.55 bits per heavy atom. The van der Waals surface area contributed by atoms with E-state index in [1.807, 2.05) is 44.2 Å². The molecule has 2 N–H and O–H groups in total. The molecular weight excluding hydrogens is 386 g/mol. The molecule has 0 radical (unpaired) electrons. The number of aliphatic carboxylic acids is 1. The molecular formula is C22H19N3O3S. The maximum absolute atomic E-state index is 12.0. The summed E-state index contributed by atoms with van der Waals surface area (Å²) in [6.45, 7) is 5.74. The van der Waals surface area contributed by atoms with Gasteiger partial charge in [0.05, 0.1) is 5.69 Å². The minimum atomic E-state index is -1.05. The van der Waals surface area contributed by atoms with Crippen LogP contribution in [0.1, 0.15) is 22.6 Å². The summed E-state index contributed by atoms with van der Waals surface area (Å²) < 4.78 is 5.35. The van der Waals surface area contributed by atoms with Crippen molar-refractivity contribution in [1.29, 1.82) is 0 Å². The van der Waals surface area contributed by atoms with E-state index >= 15 is 0 Å². The average molecular weight is 405 g/mol. The number of thioether (sulfide) groups is 1. The second-order valence-corrected chi connectivity index (χ2v) is 7.78. The molecule has 0 aliphatic carbocycles. The largest absolute Gasteiger partial charge is 0.477 e. The van der Waals surface area contributed by atoms with Gasteiger partial charge in [-0.2, -0.15) is 0 Å². The van der Waals surface area contributed by atoms with E-state index in [9.17, 15) is 9.90 Å². The minimum absolute atomic E-state index is 0.103. The molecule has 0 fully saturated rings. The quantitative estimate of drug-likeness (QED) is 0.343. The van der Waals surface area contributed by atoms with Crippen LogP contribution in [0.5, 0.6) is 0 Å². The van der Waals surface area contributed by atoms with Crippen molar-refractivity contribution in [2.24, 2.45) is 0 Å². The zero-order valence-corrected chi connectivity index (χ0v) is 17.0. The first kappa shape index (κ1) is 19.0. The van der Waals surface area contributed by atoms with Gasteiger partial charge in [-0.25, -0.2) is 4.79 Å². The first-order chi connectivity index (χ1) is 13.9. The molecule has 0 bridgehead atoms. The molecule has 4 rings (SSSR count). The van der Waals surface area contributed by atoms with Crippen LogP contribution in [0.2, 0.25) is 0 Å². The number of aromatic amines is 1. The molecule has 146 valence electrons. The van der Waals surface area contributed by atoms with Crippen molar-refractivity contribution in [3.8, 4) is 11.3 Å². The number of aryl methyl sites for hydroxylation is 3. The van der Waals surface area contributed by atoms with Gasteiger partial charge in [0, 0.05) is 23.4 Å². The highest BCUT2D eigenvalue weighted by molar-refractivity contribution is 8.03. The van der Waals surface area contributed by atoms with Crippen LogP contribution in [-0.4, -0.2) is 26.3 Å². The van der Waals surface area contributed by atoms with Crippen LogP contribution < -0.4 is 0 Å². The standard InChI is InChI=1S/C22H19N3O3S/c1-12-9-13(2)19-16(10-12)17(20(23-19)15-7-5-4-6-8-15)11-18(21(26)27)29-22-25-24-14(3)28-22/h4-11,23H,1-3H3,(H,26,27)/b18-11-. The summed E-state index contributed by atoms with van der Waals surface area (Å²) in [6, 6.07) is 14.0. The van der Waals surface area contributed by atoms with Crippen LogP contribution in [0.25, 0.3) is 28.2 Å². The zero-order chi connectivity index (χ0) is 20.5. The van der Waals surface area contributed by atoms with Gasteiger partial charge in [0.15, 0.2) is 0 Å². The molecule has 0 aliphatic rings. The lowest BCUT2D eigenvalue weighted by atomic mass is 10.0. The van der Waals surface area contributed by atoms with Crippen molar-refractivity contribution in [2.45, 2.75) is 26.0 Å². The Hall–Kier alpha value is -3.32. The number of fused-ring (bicyclic) bond motifs is 1. The van der Waals surface area contributed by atoms with Gasteiger partial charge in [-0.1, -0.05) is 42.0 Å². The van der Waals surface area contributed by atoms with E-state index in [1.54, 1.807) is 13.0 Å². The zero-order valence-electron chi connectivity index (χ0n) is 16.2. The number of aromatic nitrogens is 3. The van der Waals surface area contributed by atoms with Crippen LogP contribution in [0.15, 0.2) is 57.0 Å². The second-order valence-electron chi connectivity index (χ2n) is 6.79. The van der Waals surface area contributed by atoms with E-state index in [0.29, 0.717) is 5.89 Å². The van der Waals surface area contributed by atoms with Crippen LogP contribution in [0, 0.1) is 20.8 Å². The molecule has 0 saturated heterocycles. The molecule has 0 unspecified atom stereocenters. The number of H-pyrrole nitrogens is 1. The lowest BCUT2D eigenvalue weighted by Gasteiger charge is -2.04. The molecule has 29 heavy (non-hydrogen) atoms. The Balaban J connectivity index is 1.94. The van der Waals surface area contributed by atoms with Crippen LogP contribution >= 0.6 is 11.8 Å². The molecule has 2 heterocycles. The van der Waals surface area contributed by atoms with E-state index in [4.69, 9.17) is 4.42 Å². The number of benzene rings is 2. The lowest BCUT2D eigenvalue weighted by molar-refractivity contribution is -0.131.